The summed E-state index contributed by atoms with van der Waals surface area (Å²) in [4.78, 5) is 14.2. The monoisotopic (exact) mass is 284 g/mol. The van der Waals surface area contributed by atoms with Crippen molar-refractivity contribution in [2.45, 2.75) is 57.8 Å². The molecule has 2 fully saturated rings. The van der Waals surface area contributed by atoms with Crippen LogP contribution in [0.15, 0.2) is 0 Å². The van der Waals surface area contributed by atoms with Gasteiger partial charge in [0.15, 0.2) is 0 Å². The minimum absolute atomic E-state index is 0.177. The number of aliphatic carboxylic acids is 1. The minimum Gasteiger partial charge on any atom is -0.480 e. The summed E-state index contributed by atoms with van der Waals surface area (Å²) in [6.07, 6.45) is 3.36. The number of carbonyl (C=O) groups is 1. The van der Waals surface area contributed by atoms with E-state index >= 15 is 0 Å². The Labute approximate surface area is 121 Å². The second-order valence-electron chi connectivity index (χ2n) is 6.43. The fourth-order valence-electron chi connectivity index (χ4n) is 3.34. The zero-order chi connectivity index (χ0) is 14.8. The van der Waals surface area contributed by atoms with Crippen LogP contribution in [-0.2, 0) is 9.53 Å². The summed E-state index contributed by atoms with van der Waals surface area (Å²) in [6.45, 7) is 9.18. The van der Waals surface area contributed by atoms with Crippen LogP contribution in [0.1, 0.15) is 40.0 Å². The van der Waals surface area contributed by atoms with Crippen molar-refractivity contribution in [1.29, 1.82) is 0 Å². The van der Waals surface area contributed by atoms with Crippen LogP contribution in [-0.4, -0.2) is 59.9 Å². The van der Waals surface area contributed by atoms with E-state index in [9.17, 15) is 9.90 Å². The Morgan fingerprint density at radius 3 is 2.40 bits per heavy atom. The van der Waals surface area contributed by atoms with Crippen molar-refractivity contribution in [3.8, 4) is 0 Å². The maximum absolute atomic E-state index is 11.9. The van der Waals surface area contributed by atoms with Crippen LogP contribution >= 0.6 is 0 Å². The van der Waals surface area contributed by atoms with Crippen LogP contribution in [0.25, 0.3) is 0 Å². The number of rotatable bonds is 7. The van der Waals surface area contributed by atoms with E-state index in [1.165, 1.54) is 0 Å². The molecule has 0 spiro atoms. The van der Waals surface area contributed by atoms with E-state index in [-0.39, 0.29) is 18.1 Å². The molecule has 0 amide bonds. The van der Waals surface area contributed by atoms with E-state index in [0.29, 0.717) is 6.54 Å². The molecule has 1 saturated carbocycles. The summed E-state index contributed by atoms with van der Waals surface area (Å²) >= 11 is 0. The van der Waals surface area contributed by atoms with Crippen LogP contribution in [0.5, 0.6) is 0 Å². The number of morpholine rings is 1. The van der Waals surface area contributed by atoms with Gasteiger partial charge >= 0.3 is 5.97 Å². The van der Waals surface area contributed by atoms with Crippen LogP contribution in [0.2, 0.25) is 0 Å². The Morgan fingerprint density at radius 2 is 1.95 bits per heavy atom. The van der Waals surface area contributed by atoms with Crippen molar-refractivity contribution in [1.82, 2.24) is 10.2 Å². The smallest absolute Gasteiger partial charge is 0.325 e. The maximum Gasteiger partial charge on any atom is 0.325 e. The fourth-order valence-corrected chi connectivity index (χ4v) is 3.34. The second-order valence-corrected chi connectivity index (χ2v) is 6.43. The lowest BCUT2D eigenvalue weighted by molar-refractivity contribution is -0.149. The Hall–Kier alpha value is -0.650. The molecule has 5 heteroatoms. The fraction of sp³-hybridized carbons (Fsp3) is 0.933. The lowest BCUT2D eigenvalue weighted by Gasteiger charge is -2.41. The van der Waals surface area contributed by atoms with Crippen LogP contribution in [0, 0.1) is 5.92 Å². The molecule has 0 aromatic heterocycles. The topological polar surface area (TPSA) is 61.8 Å². The molecule has 0 aromatic rings. The van der Waals surface area contributed by atoms with Gasteiger partial charge in [0.25, 0.3) is 0 Å². The zero-order valence-corrected chi connectivity index (χ0v) is 12.9. The van der Waals surface area contributed by atoms with Gasteiger partial charge in [-0.05, 0) is 45.6 Å². The van der Waals surface area contributed by atoms with E-state index in [0.717, 1.165) is 38.9 Å². The average molecular weight is 284 g/mol. The first-order chi connectivity index (χ1) is 9.48. The molecule has 20 heavy (non-hydrogen) atoms. The van der Waals surface area contributed by atoms with E-state index in [1.807, 2.05) is 0 Å². The third kappa shape index (κ3) is 3.51. The van der Waals surface area contributed by atoms with Gasteiger partial charge < -0.3 is 15.2 Å². The molecule has 3 unspecified atom stereocenters. The van der Waals surface area contributed by atoms with E-state index in [1.54, 1.807) is 0 Å². The van der Waals surface area contributed by atoms with Crippen molar-refractivity contribution >= 4 is 5.97 Å². The Bertz CT molecular complexity index is 336. The standard InChI is InChI=1S/C15H28N2O3/c1-4-7-16-15(14(18)19,13-5-6-13)10-17-8-11(2)20-12(3)9-17/h11-13,16H,4-10H2,1-3H3,(H,18,19). The Balaban J connectivity index is 2.08. The summed E-state index contributed by atoms with van der Waals surface area (Å²) < 4.78 is 5.74. The first kappa shape index (κ1) is 15.7. The summed E-state index contributed by atoms with van der Waals surface area (Å²) in [5.41, 5.74) is -0.771. The molecule has 1 heterocycles. The molecule has 2 N–H and O–H groups in total. The summed E-state index contributed by atoms with van der Waals surface area (Å²) in [6, 6.07) is 0. The maximum atomic E-state index is 11.9. The van der Waals surface area contributed by atoms with Crippen LogP contribution in [0.3, 0.4) is 0 Å². The van der Waals surface area contributed by atoms with Gasteiger partial charge in [0.05, 0.1) is 12.2 Å². The van der Waals surface area contributed by atoms with Gasteiger partial charge in [-0.25, -0.2) is 0 Å². The number of hydrogen-bond acceptors (Lipinski definition) is 4. The van der Waals surface area contributed by atoms with E-state index in [2.05, 4.69) is 31.0 Å². The first-order valence-electron chi connectivity index (χ1n) is 7.84. The summed E-state index contributed by atoms with van der Waals surface area (Å²) in [7, 11) is 0. The normalized spacial score (nSPS) is 30.9. The van der Waals surface area contributed by atoms with Crippen molar-refractivity contribution in [3.63, 3.8) is 0 Å². The van der Waals surface area contributed by atoms with Crippen LogP contribution in [0.4, 0.5) is 0 Å². The number of hydrogen-bond donors (Lipinski definition) is 2. The zero-order valence-electron chi connectivity index (χ0n) is 12.9. The number of carboxylic acid groups (broad SMARTS) is 1. The molecule has 2 aliphatic rings. The predicted molar refractivity (Wildman–Crippen MR) is 77.8 cm³/mol. The molecular weight excluding hydrogens is 256 g/mol. The lowest BCUT2D eigenvalue weighted by atomic mass is 9.91. The van der Waals surface area contributed by atoms with E-state index < -0.39 is 11.5 Å². The third-order valence-electron chi connectivity index (χ3n) is 4.31. The van der Waals surface area contributed by atoms with Gasteiger partial charge in [-0.3, -0.25) is 9.69 Å². The highest BCUT2D eigenvalue weighted by Crippen LogP contribution is 2.40. The van der Waals surface area contributed by atoms with Gasteiger partial charge in [-0.15, -0.1) is 0 Å². The quantitative estimate of drug-likeness (QED) is 0.738. The number of nitrogens with zero attached hydrogens (tertiary/aromatic N) is 1. The minimum atomic E-state index is -0.771. The molecule has 0 aromatic carbocycles. The lowest BCUT2D eigenvalue weighted by Crippen LogP contribution is -2.63. The molecule has 1 saturated heterocycles. The highest BCUT2D eigenvalue weighted by molar-refractivity contribution is 5.80. The SMILES string of the molecule is CCCNC(CN1CC(C)OC(C)C1)(C(=O)O)C1CC1. The number of ether oxygens (including phenoxy) is 1. The average Bonchev–Trinajstić information content (AvgIpc) is 3.17. The molecule has 0 radical (unpaired) electrons. The summed E-state index contributed by atoms with van der Waals surface area (Å²) in [5.74, 6) is -0.416. The molecule has 1 aliphatic heterocycles. The van der Waals surface area contributed by atoms with Crippen molar-refractivity contribution < 1.29 is 14.6 Å². The van der Waals surface area contributed by atoms with Gasteiger partial charge in [0.2, 0.25) is 0 Å². The Kier molecular flexibility index (Phi) is 5.04. The largest absolute Gasteiger partial charge is 0.480 e. The van der Waals surface area contributed by atoms with Crippen LogP contribution < -0.4 is 5.32 Å². The molecule has 1 aliphatic carbocycles. The van der Waals surface area contributed by atoms with Crippen molar-refractivity contribution in [2.75, 3.05) is 26.2 Å². The van der Waals surface area contributed by atoms with Crippen molar-refractivity contribution in [3.05, 3.63) is 0 Å². The third-order valence-corrected chi connectivity index (χ3v) is 4.31. The molecular formula is C15H28N2O3. The predicted octanol–water partition coefficient (Wildman–Crippen LogP) is 1.33. The number of nitrogens with one attached hydrogen (secondary N) is 1. The Morgan fingerprint density at radius 1 is 1.35 bits per heavy atom. The second kappa shape index (κ2) is 6.41. The molecule has 5 nitrogen and oxygen atoms in total. The van der Waals surface area contributed by atoms with Gasteiger partial charge in [-0.1, -0.05) is 6.92 Å². The highest BCUT2D eigenvalue weighted by Gasteiger charge is 2.52. The molecule has 2 rings (SSSR count). The number of carboxylic acids is 1. The summed E-state index contributed by atoms with van der Waals surface area (Å²) in [5, 5.41) is 13.1. The van der Waals surface area contributed by atoms with E-state index in [4.69, 9.17) is 4.74 Å². The first-order valence-corrected chi connectivity index (χ1v) is 7.84. The van der Waals surface area contributed by atoms with Crippen molar-refractivity contribution in [2.24, 2.45) is 5.92 Å². The molecule has 0 bridgehead atoms. The molecule has 116 valence electrons. The van der Waals surface area contributed by atoms with Gasteiger partial charge in [0, 0.05) is 19.6 Å². The molecule has 3 atom stereocenters. The highest BCUT2D eigenvalue weighted by atomic mass is 16.5. The van der Waals surface area contributed by atoms with Gasteiger partial charge in [-0.2, -0.15) is 0 Å². The van der Waals surface area contributed by atoms with Gasteiger partial charge in [0.1, 0.15) is 5.54 Å².